The van der Waals surface area contributed by atoms with E-state index >= 15 is 0 Å². The smallest absolute Gasteiger partial charge is 0.330 e. The number of nitrogens with zero attached hydrogens (tertiary/aromatic N) is 1. The number of aromatic amines is 1. The summed E-state index contributed by atoms with van der Waals surface area (Å²) in [6, 6.07) is 9.83. The molecule has 1 fully saturated rings. The van der Waals surface area contributed by atoms with E-state index in [0.29, 0.717) is 18.8 Å². The number of rotatable bonds is 11. The summed E-state index contributed by atoms with van der Waals surface area (Å²) in [5.41, 5.74) is -0.972. The van der Waals surface area contributed by atoms with Crippen molar-refractivity contribution in [2.24, 2.45) is 5.92 Å². The van der Waals surface area contributed by atoms with Crippen LogP contribution in [0.25, 0.3) is 0 Å². The zero-order chi connectivity index (χ0) is 23.8. The zero-order valence-electron chi connectivity index (χ0n) is 18.9. The van der Waals surface area contributed by atoms with Gasteiger partial charge in [0, 0.05) is 18.2 Å². The molecule has 2 heterocycles. The first-order valence-electron chi connectivity index (χ1n) is 10.9. The Kier molecular flexibility index (Phi) is 9.20. The van der Waals surface area contributed by atoms with E-state index in [1.807, 2.05) is 32.0 Å². The SMILES string of the molecule is CCCOC(=O)C(C)NP(OCC1CC(C)C(n2ccc(=O)[nH]c2=O)O1)Oc1ccccc1. The van der Waals surface area contributed by atoms with E-state index in [1.165, 1.54) is 16.8 Å². The largest absolute Gasteiger partial charge is 0.465 e. The van der Waals surface area contributed by atoms with Gasteiger partial charge in [-0.25, -0.2) is 9.88 Å². The van der Waals surface area contributed by atoms with E-state index in [2.05, 4.69) is 10.1 Å². The highest BCUT2D eigenvalue weighted by Gasteiger charge is 2.35. The van der Waals surface area contributed by atoms with Gasteiger partial charge in [0.1, 0.15) is 18.0 Å². The first kappa shape index (κ1) is 25.1. The van der Waals surface area contributed by atoms with E-state index < -0.39 is 32.0 Å². The van der Waals surface area contributed by atoms with Crippen LogP contribution in [0.5, 0.6) is 5.75 Å². The van der Waals surface area contributed by atoms with E-state index in [0.717, 1.165) is 6.42 Å². The number of aromatic nitrogens is 2. The molecular formula is C22H30N3O7P. The lowest BCUT2D eigenvalue weighted by Crippen LogP contribution is -2.34. The van der Waals surface area contributed by atoms with Crippen molar-refractivity contribution in [3.8, 4) is 5.75 Å². The Morgan fingerprint density at radius 2 is 2.06 bits per heavy atom. The van der Waals surface area contributed by atoms with Gasteiger partial charge >= 0.3 is 20.2 Å². The number of esters is 1. The molecule has 3 rings (SSSR count). The Morgan fingerprint density at radius 3 is 2.76 bits per heavy atom. The van der Waals surface area contributed by atoms with Crippen molar-refractivity contribution in [3.05, 3.63) is 63.4 Å². The minimum absolute atomic E-state index is 0.0272. The molecule has 180 valence electrons. The van der Waals surface area contributed by atoms with Gasteiger partial charge in [-0.05, 0) is 31.9 Å². The van der Waals surface area contributed by atoms with Crippen LogP contribution in [-0.4, -0.2) is 40.9 Å². The molecule has 1 aliphatic heterocycles. The van der Waals surface area contributed by atoms with Crippen LogP contribution in [-0.2, 0) is 18.8 Å². The van der Waals surface area contributed by atoms with Gasteiger partial charge in [-0.1, -0.05) is 32.0 Å². The average Bonchev–Trinajstić information content (AvgIpc) is 3.16. The standard InChI is InChI=1S/C22H30N3O7P/c1-4-12-29-21(27)16(3)24-33(32-17-8-6-5-7-9-17)30-14-18-13-15(2)20(31-18)25-11-10-19(26)23-22(25)28/h5-11,15-16,18,20,24H,4,12-14H2,1-3H3,(H,23,26,28). The Bertz CT molecular complexity index is 1010. The lowest BCUT2D eigenvalue weighted by molar-refractivity contribution is -0.145. The van der Waals surface area contributed by atoms with Gasteiger partial charge < -0.3 is 18.5 Å². The maximum absolute atomic E-state index is 12.2. The molecule has 2 aromatic rings. The number of hydrogen-bond donors (Lipinski definition) is 2. The first-order valence-corrected chi connectivity index (χ1v) is 12.1. The summed E-state index contributed by atoms with van der Waals surface area (Å²) in [5.74, 6) is 0.246. The normalized spacial score (nSPS) is 22.0. The van der Waals surface area contributed by atoms with Crippen LogP contribution in [0.3, 0.4) is 0 Å². The maximum atomic E-state index is 12.2. The second kappa shape index (κ2) is 12.1. The number of para-hydroxylation sites is 1. The average molecular weight is 479 g/mol. The number of ether oxygens (including phenoxy) is 2. The van der Waals surface area contributed by atoms with Gasteiger partial charge in [-0.15, -0.1) is 0 Å². The van der Waals surface area contributed by atoms with E-state index in [4.69, 9.17) is 18.5 Å². The molecule has 1 aliphatic rings. The van der Waals surface area contributed by atoms with Crippen molar-refractivity contribution in [3.63, 3.8) is 0 Å². The van der Waals surface area contributed by atoms with Gasteiger partial charge in [0.25, 0.3) is 5.56 Å². The molecule has 5 unspecified atom stereocenters. The number of benzene rings is 1. The molecule has 10 nitrogen and oxygen atoms in total. The second-order valence-corrected chi connectivity index (χ2v) is 9.07. The van der Waals surface area contributed by atoms with Crippen LogP contribution in [0, 0.1) is 5.92 Å². The summed E-state index contributed by atoms with van der Waals surface area (Å²) in [7, 11) is -1.68. The van der Waals surface area contributed by atoms with Crippen LogP contribution in [0.2, 0.25) is 0 Å². The summed E-state index contributed by atoms with van der Waals surface area (Å²) in [5, 5.41) is 3.06. The van der Waals surface area contributed by atoms with Gasteiger partial charge in [0.2, 0.25) is 0 Å². The molecule has 0 spiro atoms. The van der Waals surface area contributed by atoms with Crippen molar-refractivity contribution in [2.45, 2.75) is 52.0 Å². The predicted octanol–water partition coefficient (Wildman–Crippen LogP) is 2.71. The molecule has 0 amide bonds. The van der Waals surface area contributed by atoms with Crippen molar-refractivity contribution in [2.75, 3.05) is 13.2 Å². The Labute approximate surface area is 193 Å². The highest BCUT2D eigenvalue weighted by molar-refractivity contribution is 7.45. The van der Waals surface area contributed by atoms with Gasteiger partial charge in [0.05, 0.1) is 19.3 Å². The molecule has 33 heavy (non-hydrogen) atoms. The molecule has 1 aromatic carbocycles. The van der Waals surface area contributed by atoms with Gasteiger partial charge in [-0.3, -0.25) is 19.1 Å². The minimum atomic E-state index is -1.68. The Balaban J connectivity index is 1.62. The third-order valence-electron chi connectivity index (χ3n) is 4.99. The molecule has 2 N–H and O–H groups in total. The number of hydrogen-bond acceptors (Lipinski definition) is 8. The Morgan fingerprint density at radius 1 is 1.30 bits per heavy atom. The summed E-state index contributed by atoms with van der Waals surface area (Å²) in [6.07, 6.45) is 2.01. The van der Waals surface area contributed by atoms with E-state index in [1.54, 1.807) is 19.1 Å². The van der Waals surface area contributed by atoms with Crippen molar-refractivity contribution >= 4 is 14.5 Å². The summed E-state index contributed by atoms with van der Waals surface area (Å²) >= 11 is 0. The lowest BCUT2D eigenvalue weighted by atomic mass is 10.1. The molecule has 0 radical (unpaired) electrons. The Hall–Kier alpha value is -2.52. The highest BCUT2D eigenvalue weighted by Crippen LogP contribution is 2.39. The first-order chi connectivity index (χ1) is 15.9. The van der Waals surface area contributed by atoms with E-state index in [-0.39, 0.29) is 24.6 Å². The van der Waals surface area contributed by atoms with Crippen LogP contribution < -0.4 is 20.9 Å². The lowest BCUT2D eigenvalue weighted by Gasteiger charge is -2.23. The van der Waals surface area contributed by atoms with Crippen LogP contribution >= 0.6 is 8.53 Å². The minimum Gasteiger partial charge on any atom is -0.465 e. The van der Waals surface area contributed by atoms with Crippen molar-refractivity contribution < 1.29 is 23.3 Å². The summed E-state index contributed by atoms with van der Waals surface area (Å²) in [6.45, 7) is 6.13. The van der Waals surface area contributed by atoms with E-state index in [9.17, 15) is 14.4 Å². The fraction of sp³-hybridized carbons (Fsp3) is 0.500. The van der Waals surface area contributed by atoms with Crippen LogP contribution in [0.4, 0.5) is 0 Å². The fourth-order valence-corrected chi connectivity index (χ4v) is 4.57. The second-order valence-electron chi connectivity index (χ2n) is 7.85. The summed E-state index contributed by atoms with van der Waals surface area (Å²) < 4.78 is 24.5. The number of carbonyl (C=O) groups excluding carboxylic acids is 1. The molecule has 0 bridgehead atoms. The van der Waals surface area contributed by atoms with Crippen LogP contribution in [0.15, 0.2) is 52.2 Å². The fourth-order valence-electron chi connectivity index (χ4n) is 3.35. The molecule has 5 atom stereocenters. The third-order valence-corrected chi connectivity index (χ3v) is 6.35. The predicted molar refractivity (Wildman–Crippen MR) is 123 cm³/mol. The molecule has 1 saturated heterocycles. The molecule has 0 saturated carbocycles. The summed E-state index contributed by atoms with van der Waals surface area (Å²) in [4.78, 5) is 37.9. The third kappa shape index (κ3) is 7.23. The number of nitrogens with one attached hydrogen (secondary N) is 2. The van der Waals surface area contributed by atoms with Crippen molar-refractivity contribution in [1.29, 1.82) is 0 Å². The van der Waals surface area contributed by atoms with Crippen molar-refractivity contribution in [1.82, 2.24) is 14.6 Å². The molecule has 11 heteroatoms. The molecular weight excluding hydrogens is 449 g/mol. The quantitative estimate of drug-likeness (QED) is 0.373. The molecule has 0 aliphatic carbocycles. The van der Waals surface area contributed by atoms with Crippen LogP contribution in [0.1, 0.15) is 39.8 Å². The topological polar surface area (TPSA) is 121 Å². The molecule has 1 aromatic heterocycles. The maximum Gasteiger partial charge on any atom is 0.330 e. The number of carbonyl (C=O) groups is 1. The van der Waals surface area contributed by atoms with Gasteiger partial charge in [-0.2, -0.15) is 0 Å². The highest BCUT2D eigenvalue weighted by atomic mass is 31.2. The van der Waals surface area contributed by atoms with Gasteiger partial charge in [0.15, 0.2) is 0 Å². The zero-order valence-corrected chi connectivity index (χ0v) is 19.8. The monoisotopic (exact) mass is 479 g/mol. The number of H-pyrrole nitrogens is 1.